The van der Waals surface area contributed by atoms with Gasteiger partial charge in [-0.3, -0.25) is 9.36 Å². The summed E-state index contributed by atoms with van der Waals surface area (Å²) in [6, 6.07) is 12.1. The summed E-state index contributed by atoms with van der Waals surface area (Å²) < 4.78 is 29.9. The Morgan fingerprint density at radius 2 is 1.86 bits per heavy atom. The normalized spacial score (nSPS) is 12.1. The molecule has 1 aromatic heterocycles. The molecule has 0 aliphatic heterocycles. The highest BCUT2D eigenvalue weighted by Crippen LogP contribution is 2.23. The fraction of sp³-hybridized carbons (Fsp3) is 0.316. The molecule has 0 saturated heterocycles. The van der Waals surface area contributed by atoms with E-state index in [9.17, 15) is 13.2 Å². The first kappa shape index (κ1) is 21.0. The Hall–Kier alpha value is -1.71. The molecule has 0 radical (unpaired) electrons. The van der Waals surface area contributed by atoms with Crippen LogP contribution in [0, 0.1) is 0 Å². The first-order valence-corrected chi connectivity index (χ1v) is 11.5. The third kappa shape index (κ3) is 5.01. The summed E-state index contributed by atoms with van der Waals surface area (Å²) in [6.45, 7) is 1.58. The van der Waals surface area contributed by atoms with E-state index in [1.807, 2.05) is 31.1 Å². The lowest BCUT2D eigenvalue weighted by Crippen LogP contribution is -2.27. The van der Waals surface area contributed by atoms with E-state index in [0.717, 1.165) is 35.4 Å². The van der Waals surface area contributed by atoms with Crippen LogP contribution in [-0.2, 0) is 16.6 Å². The largest absolute Gasteiger partial charge is 0.309 e. The van der Waals surface area contributed by atoms with Crippen molar-refractivity contribution >= 4 is 43.2 Å². The Labute approximate surface area is 173 Å². The molecule has 3 rings (SSSR count). The molecule has 0 amide bonds. The van der Waals surface area contributed by atoms with E-state index in [1.54, 1.807) is 34.9 Å². The summed E-state index contributed by atoms with van der Waals surface area (Å²) >= 11 is 6.96. The summed E-state index contributed by atoms with van der Waals surface area (Å²) in [5, 5.41) is 0.638. The average molecular weight is 440 g/mol. The molecule has 150 valence electrons. The first-order chi connectivity index (χ1) is 13.3. The zero-order chi connectivity index (χ0) is 20.3. The molecule has 1 heterocycles. The standard InChI is InChI=1S/C19H22ClN3O3S2/c1-22(2)11-3-10-21-28(25,26)16-8-9-17-18(12-16)27-19(24)23(17)13-14-4-6-15(20)7-5-14/h4-9,12,21H,3,10-11,13H2,1-2H3. The van der Waals surface area contributed by atoms with E-state index in [4.69, 9.17) is 11.6 Å². The van der Waals surface area contributed by atoms with Crippen molar-refractivity contribution in [2.75, 3.05) is 27.2 Å². The van der Waals surface area contributed by atoms with Gasteiger partial charge in [0.2, 0.25) is 10.0 Å². The Bertz CT molecular complexity index is 1120. The van der Waals surface area contributed by atoms with Gasteiger partial charge in [0.15, 0.2) is 0 Å². The predicted molar refractivity (Wildman–Crippen MR) is 115 cm³/mol. The molecular formula is C19H22ClN3O3S2. The SMILES string of the molecule is CN(C)CCCNS(=O)(=O)c1ccc2c(c1)sc(=O)n2Cc1ccc(Cl)cc1. The number of aromatic nitrogens is 1. The molecule has 6 nitrogen and oxygen atoms in total. The van der Waals surface area contributed by atoms with Gasteiger partial charge >= 0.3 is 4.87 Å². The minimum Gasteiger partial charge on any atom is -0.309 e. The first-order valence-electron chi connectivity index (χ1n) is 8.78. The maximum atomic E-state index is 12.5. The third-order valence-electron chi connectivity index (χ3n) is 4.28. The van der Waals surface area contributed by atoms with Crippen LogP contribution in [0.5, 0.6) is 0 Å². The Morgan fingerprint density at radius 1 is 1.14 bits per heavy atom. The highest BCUT2D eigenvalue weighted by molar-refractivity contribution is 7.89. The lowest BCUT2D eigenvalue weighted by molar-refractivity contribution is 0.400. The summed E-state index contributed by atoms with van der Waals surface area (Å²) in [5.74, 6) is 0. The number of benzene rings is 2. The van der Waals surface area contributed by atoms with Gasteiger partial charge in [0.1, 0.15) is 0 Å². The maximum Gasteiger partial charge on any atom is 0.308 e. The molecule has 0 spiro atoms. The van der Waals surface area contributed by atoms with Crippen LogP contribution in [0.15, 0.2) is 52.2 Å². The smallest absolute Gasteiger partial charge is 0.308 e. The molecule has 0 saturated carbocycles. The van der Waals surface area contributed by atoms with Crippen LogP contribution in [0.3, 0.4) is 0 Å². The van der Waals surface area contributed by atoms with Crippen molar-refractivity contribution in [1.29, 1.82) is 0 Å². The number of hydrogen-bond donors (Lipinski definition) is 1. The van der Waals surface area contributed by atoms with Crippen LogP contribution < -0.4 is 9.60 Å². The maximum absolute atomic E-state index is 12.5. The van der Waals surface area contributed by atoms with E-state index in [2.05, 4.69) is 4.72 Å². The molecule has 1 N–H and O–H groups in total. The van der Waals surface area contributed by atoms with E-state index < -0.39 is 10.0 Å². The number of hydrogen-bond acceptors (Lipinski definition) is 5. The van der Waals surface area contributed by atoms with Crippen molar-refractivity contribution in [3.63, 3.8) is 0 Å². The summed E-state index contributed by atoms with van der Waals surface area (Å²) in [6.07, 6.45) is 0.722. The van der Waals surface area contributed by atoms with E-state index in [1.165, 1.54) is 0 Å². The highest BCUT2D eigenvalue weighted by atomic mass is 35.5. The Kier molecular flexibility index (Phi) is 6.57. The van der Waals surface area contributed by atoms with Crippen molar-refractivity contribution in [1.82, 2.24) is 14.2 Å². The van der Waals surface area contributed by atoms with Crippen molar-refractivity contribution < 1.29 is 8.42 Å². The van der Waals surface area contributed by atoms with Crippen LogP contribution in [0.2, 0.25) is 5.02 Å². The quantitative estimate of drug-likeness (QED) is 0.548. The lowest BCUT2D eigenvalue weighted by atomic mass is 10.2. The van der Waals surface area contributed by atoms with Crippen LogP contribution in [0.25, 0.3) is 10.2 Å². The Morgan fingerprint density at radius 3 is 2.54 bits per heavy atom. The number of halogens is 1. The van der Waals surface area contributed by atoms with Gasteiger partial charge in [0.05, 0.1) is 21.7 Å². The van der Waals surface area contributed by atoms with Crippen molar-refractivity contribution in [3.05, 3.63) is 62.7 Å². The molecule has 0 atom stereocenters. The minimum atomic E-state index is -3.60. The van der Waals surface area contributed by atoms with Gasteiger partial charge in [-0.2, -0.15) is 0 Å². The van der Waals surface area contributed by atoms with Gasteiger partial charge in [-0.15, -0.1) is 0 Å². The number of nitrogens with one attached hydrogen (secondary N) is 1. The average Bonchev–Trinajstić information content (AvgIpc) is 2.95. The van der Waals surface area contributed by atoms with E-state index in [0.29, 0.717) is 22.8 Å². The van der Waals surface area contributed by atoms with Crippen LogP contribution in [0.4, 0.5) is 0 Å². The fourth-order valence-corrected chi connectivity index (χ4v) is 5.05. The van der Waals surface area contributed by atoms with Crippen LogP contribution in [-0.4, -0.2) is 45.1 Å². The summed E-state index contributed by atoms with van der Waals surface area (Å²) in [5.41, 5.74) is 1.67. The lowest BCUT2D eigenvalue weighted by Gasteiger charge is -2.10. The minimum absolute atomic E-state index is 0.126. The van der Waals surface area contributed by atoms with Gasteiger partial charge in [-0.05, 0) is 63.0 Å². The molecule has 0 aliphatic rings. The van der Waals surface area contributed by atoms with Crippen LogP contribution in [0.1, 0.15) is 12.0 Å². The van der Waals surface area contributed by atoms with E-state index >= 15 is 0 Å². The molecule has 3 aromatic rings. The van der Waals surface area contributed by atoms with E-state index in [-0.39, 0.29) is 9.77 Å². The third-order valence-corrected chi connectivity index (χ3v) is 6.93. The zero-order valence-corrected chi connectivity index (χ0v) is 18.1. The molecule has 2 aromatic carbocycles. The number of rotatable bonds is 8. The number of sulfonamides is 1. The molecule has 28 heavy (non-hydrogen) atoms. The fourth-order valence-electron chi connectivity index (χ4n) is 2.82. The second kappa shape index (κ2) is 8.75. The number of thiazole rings is 1. The monoisotopic (exact) mass is 439 g/mol. The summed E-state index contributed by atoms with van der Waals surface area (Å²) in [4.78, 5) is 14.5. The summed E-state index contributed by atoms with van der Waals surface area (Å²) in [7, 11) is 0.282. The molecule has 0 aliphatic carbocycles. The van der Waals surface area contributed by atoms with Crippen molar-refractivity contribution in [2.45, 2.75) is 17.9 Å². The van der Waals surface area contributed by atoms with Gasteiger partial charge < -0.3 is 4.90 Å². The van der Waals surface area contributed by atoms with Gasteiger partial charge in [0, 0.05) is 11.6 Å². The van der Waals surface area contributed by atoms with Gasteiger partial charge in [-0.1, -0.05) is 35.1 Å². The molecule has 0 fully saturated rings. The molecule has 9 heteroatoms. The van der Waals surface area contributed by atoms with Gasteiger partial charge in [-0.25, -0.2) is 13.1 Å². The zero-order valence-electron chi connectivity index (χ0n) is 15.7. The molecule has 0 bridgehead atoms. The van der Waals surface area contributed by atoms with Gasteiger partial charge in [0.25, 0.3) is 0 Å². The highest BCUT2D eigenvalue weighted by Gasteiger charge is 2.16. The predicted octanol–water partition coefficient (Wildman–Crippen LogP) is 2.99. The number of nitrogens with zero attached hydrogens (tertiary/aromatic N) is 2. The van der Waals surface area contributed by atoms with Crippen LogP contribution >= 0.6 is 22.9 Å². The Balaban J connectivity index is 1.82. The topological polar surface area (TPSA) is 71.4 Å². The van der Waals surface area contributed by atoms with Crippen molar-refractivity contribution in [3.8, 4) is 0 Å². The molecule has 0 unspecified atom stereocenters. The second-order valence-corrected chi connectivity index (χ2v) is 9.96. The molecular weight excluding hydrogens is 418 g/mol. The second-order valence-electron chi connectivity index (χ2n) is 6.76. The number of fused-ring (bicyclic) bond motifs is 1. The van der Waals surface area contributed by atoms with Crippen molar-refractivity contribution in [2.24, 2.45) is 0 Å².